The molecular formula is C43H31N3. The first-order valence-electron chi connectivity index (χ1n) is 15.8. The van der Waals surface area contributed by atoms with Gasteiger partial charge in [0.05, 0.1) is 22.4 Å². The van der Waals surface area contributed by atoms with Crippen LogP contribution >= 0.6 is 0 Å². The number of nitrogens with zero attached hydrogens (tertiary/aromatic N) is 3. The molecule has 0 saturated heterocycles. The Balaban J connectivity index is 1.35. The van der Waals surface area contributed by atoms with Crippen molar-refractivity contribution in [2.45, 2.75) is 13.8 Å². The van der Waals surface area contributed by atoms with Crippen molar-refractivity contribution in [3.05, 3.63) is 163 Å². The maximum atomic E-state index is 5.06. The zero-order valence-corrected chi connectivity index (χ0v) is 25.8. The van der Waals surface area contributed by atoms with E-state index >= 15 is 0 Å². The molecule has 2 heterocycles. The van der Waals surface area contributed by atoms with Crippen LogP contribution < -0.4 is 0 Å². The Morgan fingerprint density at radius 1 is 0.413 bits per heavy atom. The van der Waals surface area contributed by atoms with E-state index < -0.39 is 0 Å². The topological polar surface area (TPSA) is 22.8 Å². The number of hydrogen-bond acceptors (Lipinski definition) is 1. The largest absolute Gasteiger partial charge is 0.309 e. The van der Waals surface area contributed by atoms with Gasteiger partial charge in [-0.1, -0.05) is 109 Å². The second-order valence-electron chi connectivity index (χ2n) is 12.1. The average molecular weight is 590 g/mol. The van der Waals surface area contributed by atoms with Gasteiger partial charge in [-0.2, -0.15) is 5.10 Å². The lowest BCUT2D eigenvalue weighted by atomic mass is 9.85. The first-order valence-corrected chi connectivity index (χ1v) is 15.8. The molecular weight excluding hydrogens is 558 g/mol. The van der Waals surface area contributed by atoms with Gasteiger partial charge in [-0.15, -0.1) is 0 Å². The van der Waals surface area contributed by atoms with Gasteiger partial charge in [0.2, 0.25) is 0 Å². The smallest absolute Gasteiger partial charge is 0.0679 e. The molecule has 0 radical (unpaired) electrons. The molecule has 7 aromatic carbocycles. The molecule has 0 amide bonds. The van der Waals surface area contributed by atoms with Crippen molar-refractivity contribution < 1.29 is 0 Å². The van der Waals surface area contributed by atoms with Crippen LogP contribution in [0.5, 0.6) is 0 Å². The second kappa shape index (κ2) is 10.3. The molecule has 0 spiro atoms. The molecule has 3 nitrogen and oxygen atoms in total. The Morgan fingerprint density at radius 2 is 0.913 bits per heavy atom. The van der Waals surface area contributed by atoms with Gasteiger partial charge in [-0.25, -0.2) is 4.68 Å². The summed E-state index contributed by atoms with van der Waals surface area (Å²) in [4.78, 5) is 0. The Labute approximate surface area is 267 Å². The van der Waals surface area contributed by atoms with Crippen LogP contribution in [0.25, 0.3) is 77.0 Å². The van der Waals surface area contributed by atoms with E-state index in [1.54, 1.807) is 0 Å². The maximum Gasteiger partial charge on any atom is 0.0679 e. The summed E-state index contributed by atoms with van der Waals surface area (Å²) in [5, 5.41) is 12.5. The molecule has 3 heteroatoms. The third-order valence-electron chi connectivity index (χ3n) is 9.45. The van der Waals surface area contributed by atoms with Gasteiger partial charge in [0.15, 0.2) is 0 Å². The van der Waals surface area contributed by atoms with Crippen LogP contribution in [0.4, 0.5) is 0 Å². The summed E-state index contributed by atoms with van der Waals surface area (Å²) in [7, 11) is 0. The molecule has 0 aliphatic carbocycles. The predicted octanol–water partition coefficient (Wildman–Crippen LogP) is 11.2. The Morgan fingerprint density at radius 3 is 1.54 bits per heavy atom. The highest BCUT2D eigenvalue weighted by molar-refractivity contribution is 6.22. The Bertz CT molecular complexity index is 2530. The summed E-state index contributed by atoms with van der Waals surface area (Å²) >= 11 is 0. The van der Waals surface area contributed by atoms with Gasteiger partial charge in [0.25, 0.3) is 0 Å². The molecule has 0 bridgehead atoms. The molecule has 0 fully saturated rings. The molecule has 0 aliphatic heterocycles. The lowest BCUT2D eigenvalue weighted by Crippen LogP contribution is -1.98. The van der Waals surface area contributed by atoms with Crippen molar-refractivity contribution in [2.24, 2.45) is 0 Å². The maximum absolute atomic E-state index is 5.06. The summed E-state index contributed by atoms with van der Waals surface area (Å²) in [5.41, 5.74) is 11.8. The van der Waals surface area contributed by atoms with Crippen LogP contribution in [0, 0.1) is 13.8 Å². The number of aromatic nitrogens is 3. The number of rotatable bonds is 4. The minimum Gasteiger partial charge on any atom is -0.309 e. The van der Waals surface area contributed by atoms with Gasteiger partial charge in [0.1, 0.15) is 0 Å². The number of aryl methyl sites for hydroxylation is 1. The molecule has 0 aliphatic rings. The van der Waals surface area contributed by atoms with Crippen LogP contribution in [0.2, 0.25) is 0 Å². The number of benzene rings is 7. The molecule has 218 valence electrons. The molecule has 0 N–H and O–H groups in total. The van der Waals surface area contributed by atoms with E-state index in [0.29, 0.717) is 0 Å². The van der Waals surface area contributed by atoms with E-state index in [9.17, 15) is 0 Å². The van der Waals surface area contributed by atoms with Crippen LogP contribution in [0.15, 0.2) is 152 Å². The molecule has 0 unspecified atom stereocenters. The fourth-order valence-electron chi connectivity index (χ4n) is 7.52. The normalized spacial score (nSPS) is 11.7. The lowest BCUT2D eigenvalue weighted by molar-refractivity contribution is 0.834. The van der Waals surface area contributed by atoms with Gasteiger partial charge < -0.3 is 4.57 Å². The molecule has 46 heavy (non-hydrogen) atoms. The zero-order valence-electron chi connectivity index (χ0n) is 25.8. The molecule has 2 aromatic heterocycles. The van der Waals surface area contributed by atoms with Crippen LogP contribution in [-0.4, -0.2) is 14.3 Å². The van der Waals surface area contributed by atoms with Crippen LogP contribution in [0.3, 0.4) is 0 Å². The highest BCUT2D eigenvalue weighted by Gasteiger charge is 2.23. The van der Waals surface area contributed by atoms with E-state index in [-0.39, 0.29) is 0 Å². The molecule has 9 rings (SSSR count). The highest BCUT2D eigenvalue weighted by atomic mass is 15.3. The van der Waals surface area contributed by atoms with Crippen molar-refractivity contribution in [2.75, 3.05) is 0 Å². The van der Waals surface area contributed by atoms with E-state index in [1.807, 2.05) is 6.07 Å². The molecule has 0 atom stereocenters. The van der Waals surface area contributed by atoms with Gasteiger partial charge in [-0.05, 0) is 89.0 Å². The lowest BCUT2D eigenvalue weighted by Gasteiger charge is -2.18. The fourth-order valence-corrected chi connectivity index (χ4v) is 7.52. The quantitative estimate of drug-likeness (QED) is 0.187. The second-order valence-corrected chi connectivity index (χ2v) is 12.1. The summed E-state index contributed by atoms with van der Waals surface area (Å²) in [5.74, 6) is 0. The van der Waals surface area contributed by atoms with Crippen molar-refractivity contribution in [1.29, 1.82) is 0 Å². The van der Waals surface area contributed by atoms with Gasteiger partial charge in [-0.3, -0.25) is 0 Å². The summed E-state index contributed by atoms with van der Waals surface area (Å²) in [6, 6.07) is 54.6. The van der Waals surface area contributed by atoms with Crippen LogP contribution in [0.1, 0.15) is 11.4 Å². The third kappa shape index (κ3) is 3.88. The van der Waals surface area contributed by atoms with E-state index in [4.69, 9.17) is 5.10 Å². The summed E-state index contributed by atoms with van der Waals surface area (Å²) in [6.45, 7) is 4.33. The summed E-state index contributed by atoms with van der Waals surface area (Å²) in [6.07, 6.45) is 0. The van der Waals surface area contributed by atoms with Crippen molar-refractivity contribution >= 4 is 43.4 Å². The SMILES string of the molecule is Cc1nn(-c2ccccc2)c(C)c1-c1c2ccccc2c(-c2ccc3c(c2)c2ccccc2n3-c2ccccc2)c2ccccc12. The predicted molar refractivity (Wildman–Crippen MR) is 193 cm³/mol. The molecule has 9 aromatic rings. The standard InChI is InChI=1S/C43H31N3/c1-28-41(29(2)46(44-28)32-17-7-4-8-18-32)43-36-22-11-9-20-34(36)42(35-21-10-12-23-37(35)43)30-25-26-40-38(27-30)33-19-13-14-24-39(33)45(40)31-15-5-3-6-16-31/h3-27H,1-2H3. The minimum absolute atomic E-state index is 1.03. The molecule has 0 saturated carbocycles. The van der Waals surface area contributed by atoms with E-state index in [1.165, 1.54) is 71.3 Å². The van der Waals surface area contributed by atoms with Crippen molar-refractivity contribution in [3.63, 3.8) is 0 Å². The zero-order chi connectivity index (χ0) is 30.8. The minimum atomic E-state index is 1.03. The Hall–Kier alpha value is -5.93. The Kier molecular flexibility index (Phi) is 5.94. The number of fused-ring (bicyclic) bond motifs is 5. The fraction of sp³-hybridized carbons (Fsp3) is 0.0465. The van der Waals surface area contributed by atoms with E-state index in [2.05, 4.69) is 169 Å². The van der Waals surface area contributed by atoms with Crippen molar-refractivity contribution in [3.8, 4) is 33.6 Å². The van der Waals surface area contributed by atoms with Gasteiger partial charge in [0, 0.05) is 33.3 Å². The van der Waals surface area contributed by atoms with E-state index in [0.717, 1.165) is 17.1 Å². The third-order valence-corrected chi connectivity index (χ3v) is 9.45. The first kappa shape index (κ1) is 26.5. The first-order chi connectivity index (χ1) is 22.7. The summed E-state index contributed by atoms with van der Waals surface area (Å²) < 4.78 is 4.46. The monoisotopic (exact) mass is 589 g/mol. The number of para-hydroxylation sites is 3. The number of hydrogen-bond donors (Lipinski definition) is 0. The van der Waals surface area contributed by atoms with Crippen molar-refractivity contribution in [1.82, 2.24) is 14.3 Å². The average Bonchev–Trinajstić information content (AvgIpc) is 3.60. The van der Waals surface area contributed by atoms with Gasteiger partial charge >= 0.3 is 0 Å². The highest BCUT2D eigenvalue weighted by Crippen LogP contribution is 2.46. The van der Waals surface area contributed by atoms with Crippen LogP contribution in [-0.2, 0) is 0 Å².